The van der Waals surface area contributed by atoms with E-state index in [4.69, 9.17) is 0 Å². The lowest BCUT2D eigenvalue weighted by Crippen LogP contribution is -2.34. The van der Waals surface area contributed by atoms with Gasteiger partial charge in [0.2, 0.25) is 5.91 Å². The topological polar surface area (TPSA) is 20.3 Å². The van der Waals surface area contributed by atoms with E-state index in [2.05, 4.69) is 13.0 Å². The molecular weight excluding hydrogens is 262 g/mol. The molecule has 0 bridgehead atoms. The van der Waals surface area contributed by atoms with Crippen molar-refractivity contribution in [3.8, 4) is 0 Å². The minimum atomic E-state index is 0.206. The van der Waals surface area contributed by atoms with Crippen LogP contribution in [0, 0.1) is 0 Å². The van der Waals surface area contributed by atoms with Crippen molar-refractivity contribution in [3.63, 3.8) is 0 Å². The number of nitrogens with zero attached hydrogens (tertiary/aromatic N) is 1. The number of carbonyl (C=O) groups is 1. The van der Waals surface area contributed by atoms with Gasteiger partial charge in [-0.15, -0.1) is 0 Å². The molecule has 1 amide bonds. The number of thioether (sulfide) groups is 2. The van der Waals surface area contributed by atoms with E-state index >= 15 is 0 Å². The Balaban J connectivity index is 1.80. The van der Waals surface area contributed by atoms with Gasteiger partial charge >= 0.3 is 0 Å². The molecule has 0 radical (unpaired) electrons. The average molecular weight is 285 g/mol. The van der Waals surface area contributed by atoms with E-state index < -0.39 is 0 Å². The minimum absolute atomic E-state index is 0.206. The second-order valence-corrected chi connectivity index (χ2v) is 7.68. The van der Waals surface area contributed by atoms with Crippen LogP contribution in [0.1, 0.15) is 32.6 Å². The molecule has 0 N–H and O–H groups in total. The quantitative estimate of drug-likeness (QED) is 0.724. The molecule has 0 aliphatic carbocycles. The molecule has 0 spiro atoms. The maximum absolute atomic E-state index is 12.1. The zero-order valence-corrected chi connectivity index (χ0v) is 12.8. The van der Waals surface area contributed by atoms with Crippen molar-refractivity contribution in [2.75, 3.05) is 24.6 Å². The number of amides is 1. The van der Waals surface area contributed by atoms with Gasteiger partial charge in [0.15, 0.2) is 0 Å². The summed E-state index contributed by atoms with van der Waals surface area (Å²) in [4.78, 5) is 14.1. The van der Waals surface area contributed by atoms with Crippen LogP contribution in [-0.4, -0.2) is 45.9 Å². The molecule has 2 heterocycles. The fourth-order valence-electron chi connectivity index (χ4n) is 2.46. The highest BCUT2D eigenvalue weighted by Crippen LogP contribution is 2.28. The number of likely N-dealkylation sites (N-methyl/N-ethyl adjacent to an activating group) is 1. The number of rotatable bonds is 5. The Morgan fingerprint density at radius 1 is 1.28 bits per heavy atom. The van der Waals surface area contributed by atoms with Gasteiger partial charge in [-0.25, -0.2) is 0 Å². The zero-order valence-electron chi connectivity index (χ0n) is 11.1. The summed E-state index contributed by atoms with van der Waals surface area (Å²) in [6.45, 7) is 3.84. The Labute approximate surface area is 119 Å². The highest BCUT2D eigenvalue weighted by molar-refractivity contribution is 8.00. The van der Waals surface area contributed by atoms with E-state index in [0.717, 1.165) is 13.1 Å². The van der Waals surface area contributed by atoms with Gasteiger partial charge in [0.25, 0.3) is 0 Å². The fraction of sp³-hybridized carbons (Fsp3) is 0.786. The van der Waals surface area contributed by atoms with E-state index in [1.807, 2.05) is 34.5 Å². The number of carbonyl (C=O) groups excluding carboxylic acids is 1. The summed E-state index contributed by atoms with van der Waals surface area (Å²) in [6, 6.07) is 0. The molecule has 0 saturated carbocycles. The van der Waals surface area contributed by atoms with Crippen molar-refractivity contribution in [1.82, 2.24) is 4.90 Å². The Bertz CT molecular complexity index is 294. The van der Waals surface area contributed by atoms with Gasteiger partial charge in [-0.1, -0.05) is 6.08 Å². The summed E-state index contributed by atoms with van der Waals surface area (Å²) in [7, 11) is 0. The van der Waals surface area contributed by atoms with E-state index in [1.165, 1.54) is 37.2 Å². The third kappa shape index (κ3) is 4.23. The van der Waals surface area contributed by atoms with Gasteiger partial charge in [-0.2, -0.15) is 23.5 Å². The van der Waals surface area contributed by atoms with Crippen molar-refractivity contribution < 1.29 is 4.79 Å². The van der Waals surface area contributed by atoms with Crippen LogP contribution in [0.3, 0.4) is 0 Å². The number of hydrogen-bond acceptors (Lipinski definition) is 3. The molecule has 102 valence electrons. The van der Waals surface area contributed by atoms with Crippen LogP contribution in [0.2, 0.25) is 0 Å². The van der Waals surface area contributed by atoms with Crippen LogP contribution in [0.15, 0.2) is 12.2 Å². The molecule has 2 aliphatic rings. The smallest absolute Gasteiger partial charge is 0.246 e. The fourth-order valence-corrected chi connectivity index (χ4v) is 4.90. The third-order valence-corrected chi connectivity index (χ3v) is 6.29. The summed E-state index contributed by atoms with van der Waals surface area (Å²) in [5.41, 5.74) is 0. The Kier molecular flexibility index (Phi) is 5.96. The molecule has 2 fully saturated rings. The highest BCUT2D eigenvalue weighted by atomic mass is 32.2. The third-order valence-electron chi connectivity index (χ3n) is 3.56. The monoisotopic (exact) mass is 285 g/mol. The summed E-state index contributed by atoms with van der Waals surface area (Å²) >= 11 is 4.00. The maximum atomic E-state index is 12.1. The molecule has 0 aromatic rings. The van der Waals surface area contributed by atoms with Gasteiger partial charge in [0, 0.05) is 29.7 Å². The molecule has 2 rings (SSSR count). The Morgan fingerprint density at radius 3 is 2.67 bits per heavy atom. The first-order chi connectivity index (χ1) is 8.79. The van der Waals surface area contributed by atoms with Gasteiger partial charge in [-0.05, 0) is 44.1 Å². The SMILES string of the molecule is CCN(CC1CCCS1)C(=O)/C=C/C1CCCS1. The van der Waals surface area contributed by atoms with Crippen LogP contribution in [0.5, 0.6) is 0 Å². The first-order valence-electron chi connectivity index (χ1n) is 7.00. The average Bonchev–Trinajstić information content (AvgIpc) is 3.06. The van der Waals surface area contributed by atoms with Gasteiger partial charge in [-0.3, -0.25) is 4.79 Å². The van der Waals surface area contributed by atoms with Crippen LogP contribution >= 0.6 is 23.5 Å². The molecule has 0 aromatic heterocycles. The minimum Gasteiger partial charge on any atom is -0.338 e. The predicted molar refractivity (Wildman–Crippen MR) is 82.4 cm³/mol. The summed E-state index contributed by atoms with van der Waals surface area (Å²) in [6.07, 6.45) is 9.05. The Hall–Kier alpha value is -0.0900. The summed E-state index contributed by atoms with van der Waals surface area (Å²) in [5.74, 6) is 2.72. The van der Waals surface area contributed by atoms with E-state index in [-0.39, 0.29) is 5.91 Å². The van der Waals surface area contributed by atoms with Crippen molar-refractivity contribution in [2.45, 2.75) is 43.1 Å². The molecule has 2 saturated heterocycles. The molecular formula is C14H23NOS2. The van der Waals surface area contributed by atoms with Crippen molar-refractivity contribution in [2.24, 2.45) is 0 Å². The van der Waals surface area contributed by atoms with Gasteiger partial charge < -0.3 is 4.90 Å². The van der Waals surface area contributed by atoms with Gasteiger partial charge in [0.1, 0.15) is 0 Å². The predicted octanol–water partition coefficient (Wildman–Crippen LogP) is 3.18. The molecule has 2 atom stereocenters. The van der Waals surface area contributed by atoms with Crippen LogP contribution in [0.4, 0.5) is 0 Å². The van der Waals surface area contributed by atoms with Crippen LogP contribution < -0.4 is 0 Å². The molecule has 4 heteroatoms. The van der Waals surface area contributed by atoms with E-state index in [1.54, 1.807) is 0 Å². The van der Waals surface area contributed by atoms with Crippen molar-refractivity contribution in [1.29, 1.82) is 0 Å². The summed E-state index contributed by atoms with van der Waals surface area (Å²) in [5, 5.41) is 1.25. The van der Waals surface area contributed by atoms with Gasteiger partial charge in [0.05, 0.1) is 0 Å². The van der Waals surface area contributed by atoms with Crippen LogP contribution in [-0.2, 0) is 4.79 Å². The molecule has 2 aliphatic heterocycles. The second-order valence-electron chi connectivity index (χ2n) is 4.92. The Morgan fingerprint density at radius 2 is 2.06 bits per heavy atom. The molecule has 2 nitrogen and oxygen atoms in total. The first-order valence-corrected chi connectivity index (χ1v) is 9.09. The lowest BCUT2D eigenvalue weighted by Gasteiger charge is -2.22. The number of hydrogen-bond donors (Lipinski definition) is 0. The lowest BCUT2D eigenvalue weighted by atomic mass is 10.2. The van der Waals surface area contributed by atoms with E-state index in [0.29, 0.717) is 10.5 Å². The summed E-state index contributed by atoms with van der Waals surface area (Å²) < 4.78 is 0. The molecule has 18 heavy (non-hydrogen) atoms. The van der Waals surface area contributed by atoms with Crippen molar-refractivity contribution in [3.05, 3.63) is 12.2 Å². The zero-order chi connectivity index (χ0) is 12.8. The lowest BCUT2D eigenvalue weighted by molar-refractivity contribution is -0.125. The standard InChI is InChI=1S/C14H23NOS2/c1-2-15(11-13-6-4-10-18-13)14(16)8-7-12-5-3-9-17-12/h7-8,12-13H,2-6,9-11H2,1H3/b8-7+. The largest absolute Gasteiger partial charge is 0.338 e. The van der Waals surface area contributed by atoms with E-state index in [9.17, 15) is 4.79 Å². The second kappa shape index (κ2) is 7.49. The maximum Gasteiger partial charge on any atom is 0.246 e. The molecule has 0 aromatic carbocycles. The van der Waals surface area contributed by atoms with Crippen LogP contribution in [0.25, 0.3) is 0 Å². The van der Waals surface area contributed by atoms with Crippen molar-refractivity contribution >= 4 is 29.4 Å². The first kappa shape index (κ1) is 14.3. The normalized spacial score (nSPS) is 28.1. The molecule has 2 unspecified atom stereocenters. The highest BCUT2D eigenvalue weighted by Gasteiger charge is 2.20.